The smallest absolute Gasteiger partial charge is 0.219 e. The van der Waals surface area contributed by atoms with E-state index in [4.69, 9.17) is 5.73 Å². The van der Waals surface area contributed by atoms with Crippen LogP contribution in [0.4, 0.5) is 5.13 Å². The van der Waals surface area contributed by atoms with Crippen molar-refractivity contribution < 1.29 is 4.79 Å². The first-order valence-electron chi connectivity index (χ1n) is 4.63. The Morgan fingerprint density at radius 2 is 2.27 bits per heavy atom. The zero-order valence-corrected chi connectivity index (χ0v) is 8.88. The third-order valence-electron chi connectivity index (χ3n) is 1.94. The van der Waals surface area contributed by atoms with Crippen molar-refractivity contribution >= 4 is 32.6 Å². The van der Waals surface area contributed by atoms with Gasteiger partial charge in [0.1, 0.15) is 0 Å². The quantitative estimate of drug-likeness (QED) is 0.823. The SMILES string of the molecule is NC(=O)CCNc1nc2ccccc2s1. The molecule has 5 heteroatoms. The minimum Gasteiger partial charge on any atom is -0.370 e. The third kappa shape index (κ3) is 2.44. The van der Waals surface area contributed by atoms with Crippen molar-refractivity contribution in [3.05, 3.63) is 24.3 Å². The average Bonchev–Trinajstić information content (AvgIpc) is 2.59. The summed E-state index contributed by atoms with van der Waals surface area (Å²) in [5, 5.41) is 3.90. The van der Waals surface area contributed by atoms with Gasteiger partial charge in [-0.25, -0.2) is 4.98 Å². The second-order valence-electron chi connectivity index (χ2n) is 3.13. The van der Waals surface area contributed by atoms with Crippen LogP contribution in [0.2, 0.25) is 0 Å². The molecule has 3 N–H and O–H groups in total. The minimum atomic E-state index is -0.302. The van der Waals surface area contributed by atoms with Crippen LogP contribution in [0.15, 0.2) is 24.3 Å². The van der Waals surface area contributed by atoms with Crippen LogP contribution in [0.1, 0.15) is 6.42 Å². The molecule has 4 nitrogen and oxygen atoms in total. The van der Waals surface area contributed by atoms with Gasteiger partial charge in [-0.05, 0) is 12.1 Å². The lowest BCUT2D eigenvalue weighted by atomic mass is 10.3. The molecule has 0 unspecified atom stereocenters. The van der Waals surface area contributed by atoms with Gasteiger partial charge < -0.3 is 11.1 Å². The fourth-order valence-corrected chi connectivity index (χ4v) is 2.13. The molecule has 0 aliphatic heterocycles. The van der Waals surface area contributed by atoms with Crippen LogP contribution in [0.25, 0.3) is 10.2 Å². The highest BCUT2D eigenvalue weighted by Crippen LogP contribution is 2.24. The van der Waals surface area contributed by atoms with E-state index in [0.717, 1.165) is 15.3 Å². The molecule has 1 amide bonds. The second kappa shape index (κ2) is 4.27. The number of hydrogen-bond donors (Lipinski definition) is 2. The summed E-state index contributed by atoms with van der Waals surface area (Å²) in [6.45, 7) is 0.537. The molecule has 0 radical (unpaired) electrons. The predicted molar refractivity (Wildman–Crippen MR) is 61.9 cm³/mol. The molecule has 1 aromatic carbocycles. The number of primary amides is 1. The van der Waals surface area contributed by atoms with Crippen LogP contribution in [-0.4, -0.2) is 17.4 Å². The highest BCUT2D eigenvalue weighted by molar-refractivity contribution is 7.22. The number of nitrogens with two attached hydrogens (primary N) is 1. The maximum absolute atomic E-state index is 10.5. The fourth-order valence-electron chi connectivity index (χ4n) is 1.24. The van der Waals surface area contributed by atoms with Crippen LogP contribution in [0, 0.1) is 0 Å². The Morgan fingerprint density at radius 1 is 1.47 bits per heavy atom. The number of benzene rings is 1. The van der Waals surface area contributed by atoms with Gasteiger partial charge in [-0.15, -0.1) is 0 Å². The number of anilines is 1. The van der Waals surface area contributed by atoms with Gasteiger partial charge in [0.25, 0.3) is 0 Å². The molecule has 0 fully saturated rings. The standard InChI is InChI=1S/C10H11N3OS/c11-9(14)5-6-12-10-13-7-3-1-2-4-8(7)15-10/h1-4H,5-6H2,(H2,11,14)(H,12,13). The molecule has 0 aliphatic carbocycles. The van der Waals surface area contributed by atoms with Gasteiger partial charge >= 0.3 is 0 Å². The number of nitrogens with one attached hydrogen (secondary N) is 1. The van der Waals surface area contributed by atoms with Crippen LogP contribution in [-0.2, 0) is 4.79 Å². The van der Waals surface area contributed by atoms with E-state index in [2.05, 4.69) is 10.3 Å². The fraction of sp³-hybridized carbons (Fsp3) is 0.200. The summed E-state index contributed by atoms with van der Waals surface area (Å²) in [6.07, 6.45) is 0.329. The number of carbonyl (C=O) groups excluding carboxylic acids is 1. The molecule has 0 saturated heterocycles. The van der Waals surface area contributed by atoms with Crippen LogP contribution >= 0.6 is 11.3 Å². The number of aromatic nitrogens is 1. The van der Waals surface area contributed by atoms with Crippen LogP contribution in [0.3, 0.4) is 0 Å². The van der Waals surface area contributed by atoms with Crippen LogP contribution < -0.4 is 11.1 Å². The highest BCUT2D eigenvalue weighted by atomic mass is 32.1. The molecular weight excluding hydrogens is 210 g/mol. The number of para-hydroxylation sites is 1. The monoisotopic (exact) mass is 221 g/mol. The lowest BCUT2D eigenvalue weighted by Gasteiger charge is -1.97. The maximum atomic E-state index is 10.5. The van der Waals surface area contributed by atoms with Gasteiger partial charge in [-0.1, -0.05) is 23.5 Å². The van der Waals surface area contributed by atoms with Crippen molar-refractivity contribution in [1.82, 2.24) is 4.98 Å². The van der Waals surface area contributed by atoms with E-state index in [-0.39, 0.29) is 5.91 Å². The van der Waals surface area contributed by atoms with Gasteiger partial charge in [0.15, 0.2) is 5.13 Å². The summed E-state index contributed by atoms with van der Waals surface area (Å²) in [6, 6.07) is 7.92. The van der Waals surface area contributed by atoms with Gasteiger partial charge in [0, 0.05) is 13.0 Å². The van der Waals surface area contributed by atoms with E-state index in [9.17, 15) is 4.79 Å². The van der Waals surface area contributed by atoms with Gasteiger partial charge in [-0.2, -0.15) is 0 Å². The van der Waals surface area contributed by atoms with Gasteiger partial charge in [-0.3, -0.25) is 4.79 Å². The molecule has 2 aromatic rings. The molecule has 0 spiro atoms. The minimum absolute atomic E-state index is 0.302. The Labute approximate surface area is 91.1 Å². The van der Waals surface area contributed by atoms with Gasteiger partial charge in [0.05, 0.1) is 10.2 Å². The van der Waals surface area contributed by atoms with Crippen LogP contribution in [0.5, 0.6) is 0 Å². The summed E-state index contributed by atoms with van der Waals surface area (Å²) in [5.41, 5.74) is 6.01. The van der Waals surface area contributed by atoms with E-state index in [1.165, 1.54) is 0 Å². The number of carbonyl (C=O) groups is 1. The first kappa shape index (κ1) is 9.92. The summed E-state index contributed by atoms with van der Waals surface area (Å²) < 4.78 is 1.14. The zero-order valence-electron chi connectivity index (χ0n) is 8.06. The number of thiazole rings is 1. The maximum Gasteiger partial charge on any atom is 0.219 e. The van der Waals surface area contributed by atoms with Crippen molar-refractivity contribution in [3.8, 4) is 0 Å². The van der Waals surface area contributed by atoms with Crippen molar-refractivity contribution in [2.75, 3.05) is 11.9 Å². The van der Waals surface area contributed by atoms with Crippen molar-refractivity contribution in [2.24, 2.45) is 5.73 Å². The first-order chi connectivity index (χ1) is 7.25. The molecule has 2 rings (SSSR count). The molecule has 0 aliphatic rings. The Bertz CT molecular complexity index is 447. The Hall–Kier alpha value is -1.62. The van der Waals surface area contributed by atoms with E-state index < -0.39 is 0 Å². The summed E-state index contributed by atoms with van der Waals surface area (Å²) in [4.78, 5) is 14.9. The van der Waals surface area contributed by atoms with E-state index in [0.29, 0.717) is 13.0 Å². The summed E-state index contributed by atoms with van der Waals surface area (Å²) in [5.74, 6) is -0.302. The molecule has 1 heterocycles. The largest absolute Gasteiger partial charge is 0.370 e. The molecule has 1 aromatic heterocycles. The van der Waals surface area contributed by atoms with E-state index in [1.807, 2.05) is 24.3 Å². The zero-order chi connectivity index (χ0) is 10.7. The lowest BCUT2D eigenvalue weighted by Crippen LogP contribution is -2.15. The number of rotatable bonds is 4. The number of amides is 1. The van der Waals surface area contributed by atoms with E-state index >= 15 is 0 Å². The van der Waals surface area contributed by atoms with E-state index in [1.54, 1.807) is 11.3 Å². The lowest BCUT2D eigenvalue weighted by molar-refractivity contribution is -0.117. The number of nitrogens with zero attached hydrogens (tertiary/aromatic N) is 1. The summed E-state index contributed by atoms with van der Waals surface area (Å²) >= 11 is 1.57. The van der Waals surface area contributed by atoms with Crippen molar-refractivity contribution in [2.45, 2.75) is 6.42 Å². The first-order valence-corrected chi connectivity index (χ1v) is 5.45. The molecule has 0 saturated carbocycles. The Kier molecular flexibility index (Phi) is 2.82. The highest BCUT2D eigenvalue weighted by Gasteiger charge is 2.02. The van der Waals surface area contributed by atoms with Crippen molar-refractivity contribution in [3.63, 3.8) is 0 Å². The summed E-state index contributed by atoms with van der Waals surface area (Å²) in [7, 11) is 0. The van der Waals surface area contributed by atoms with Gasteiger partial charge in [0.2, 0.25) is 5.91 Å². The topological polar surface area (TPSA) is 68.0 Å². The van der Waals surface area contributed by atoms with Crippen molar-refractivity contribution in [1.29, 1.82) is 0 Å². The predicted octanol–water partition coefficient (Wildman–Crippen LogP) is 1.58. The molecule has 0 bridgehead atoms. The molecular formula is C10H11N3OS. The average molecular weight is 221 g/mol. The molecule has 78 valence electrons. The Morgan fingerprint density at radius 3 is 3.00 bits per heavy atom. The second-order valence-corrected chi connectivity index (χ2v) is 4.16. The number of fused-ring (bicyclic) bond motifs is 1. The Balaban J connectivity index is 2.05. The molecule has 15 heavy (non-hydrogen) atoms. The third-order valence-corrected chi connectivity index (χ3v) is 2.94. The normalized spacial score (nSPS) is 10.4. The molecule has 0 atom stereocenters. The number of hydrogen-bond acceptors (Lipinski definition) is 4.